The fourth-order valence-corrected chi connectivity index (χ4v) is 1.25. The summed E-state index contributed by atoms with van der Waals surface area (Å²) in [4.78, 5) is 9.85. The van der Waals surface area contributed by atoms with Crippen LogP contribution < -0.4 is 15.4 Å². The van der Waals surface area contributed by atoms with Gasteiger partial charge in [-0.2, -0.15) is 0 Å². The van der Waals surface area contributed by atoms with Gasteiger partial charge in [-0.05, 0) is 12.1 Å². The highest BCUT2D eigenvalue weighted by Gasteiger charge is 1.91. The fraction of sp³-hybridized carbons (Fsp3) is 0.533. The van der Waals surface area contributed by atoms with Crippen molar-refractivity contribution in [1.29, 1.82) is 0 Å². The number of carbonyl (C=O) groups excluding carboxylic acids is 1. The molecule has 2 N–H and O–H groups in total. The number of aldehydes is 1. The van der Waals surface area contributed by atoms with E-state index in [2.05, 4.69) is 24.5 Å². The minimum atomic E-state index is 0.129. The molecule has 0 aliphatic carbocycles. The standard InChI is InChI=1S/C8H8O2.C4H10N2.C3H8/c9-6-7-10-8-4-2-1-3-5-8;1-2-6-4-3-5-1;1-3-2/h1-6H,7H2;5-6H,1-4H2;3H2,1-2H3. The second-order valence-electron chi connectivity index (χ2n) is 4.00. The van der Waals surface area contributed by atoms with Crippen molar-refractivity contribution >= 4 is 6.29 Å². The quantitative estimate of drug-likeness (QED) is 0.820. The number of hydrogen-bond acceptors (Lipinski definition) is 4. The van der Waals surface area contributed by atoms with Crippen molar-refractivity contribution in [3.05, 3.63) is 30.3 Å². The van der Waals surface area contributed by atoms with Crippen molar-refractivity contribution < 1.29 is 9.53 Å². The molecule has 0 amide bonds. The number of benzene rings is 1. The zero-order valence-electron chi connectivity index (χ0n) is 12.0. The van der Waals surface area contributed by atoms with Crippen LogP contribution in [0.15, 0.2) is 30.3 Å². The Bertz CT molecular complexity index is 276. The molecule has 1 fully saturated rings. The molecule has 1 heterocycles. The maximum absolute atomic E-state index is 9.85. The lowest BCUT2D eigenvalue weighted by atomic mass is 10.3. The van der Waals surface area contributed by atoms with Crippen LogP contribution in [-0.2, 0) is 4.79 Å². The van der Waals surface area contributed by atoms with Crippen LogP contribution in [0.25, 0.3) is 0 Å². The summed E-state index contributed by atoms with van der Waals surface area (Å²) in [6.07, 6.45) is 1.98. The summed E-state index contributed by atoms with van der Waals surface area (Å²) in [7, 11) is 0. The van der Waals surface area contributed by atoms with E-state index in [1.54, 1.807) is 0 Å². The van der Waals surface area contributed by atoms with E-state index in [1.165, 1.54) is 6.42 Å². The molecule has 0 aromatic heterocycles. The van der Waals surface area contributed by atoms with Gasteiger partial charge in [0.05, 0.1) is 0 Å². The van der Waals surface area contributed by atoms with E-state index < -0.39 is 0 Å². The molecule has 0 atom stereocenters. The average molecular weight is 266 g/mol. The van der Waals surface area contributed by atoms with Gasteiger partial charge in [0.1, 0.15) is 12.4 Å². The number of carbonyl (C=O) groups is 1. The Labute approximate surface area is 116 Å². The van der Waals surface area contributed by atoms with E-state index in [-0.39, 0.29) is 6.61 Å². The highest BCUT2D eigenvalue weighted by molar-refractivity contribution is 5.51. The molecule has 1 aliphatic heterocycles. The lowest BCUT2D eigenvalue weighted by Crippen LogP contribution is -2.39. The molecule has 0 unspecified atom stereocenters. The van der Waals surface area contributed by atoms with Gasteiger partial charge in [-0.1, -0.05) is 38.5 Å². The molecule has 1 aromatic rings. The predicted octanol–water partition coefficient (Wildman–Crippen LogP) is 1.86. The second kappa shape index (κ2) is 14.7. The van der Waals surface area contributed by atoms with E-state index in [4.69, 9.17) is 4.74 Å². The van der Waals surface area contributed by atoms with Crippen molar-refractivity contribution in [1.82, 2.24) is 10.6 Å². The molecule has 0 radical (unpaired) electrons. The number of hydrogen-bond donors (Lipinski definition) is 2. The Morgan fingerprint density at radius 2 is 1.53 bits per heavy atom. The molecule has 19 heavy (non-hydrogen) atoms. The summed E-state index contributed by atoms with van der Waals surface area (Å²) < 4.78 is 4.99. The van der Waals surface area contributed by atoms with Crippen molar-refractivity contribution in [3.63, 3.8) is 0 Å². The molecule has 0 saturated carbocycles. The molecule has 0 bridgehead atoms. The van der Waals surface area contributed by atoms with Gasteiger partial charge in [-0.3, -0.25) is 4.79 Å². The molecule has 1 saturated heterocycles. The summed E-state index contributed by atoms with van der Waals surface area (Å²) >= 11 is 0. The zero-order chi connectivity index (χ0) is 14.2. The predicted molar refractivity (Wildman–Crippen MR) is 79.7 cm³/mol. The minimum absolute atomic E-state index is 0.129. The Balaban J connectivity index is 0.000000306. The van der Waals surface area contributed by atoms with Gasteiger partial charge >= 0.3 is 0 Å². The highest BCUT2D eigenvalue weighted by atomic mass is 16.5. The van der Waals surface area contributed by atoms with Crippen LogP contribution in [0.4, 0.5) is 0 Å². The number of para-hydroxylation sites is 1. The Morgan fingerprint density at radius 1 is 1.05 bits per heavy atom. The average Bonchev–Trinajstić information content (AvgIpc) is 2.49. The third-order valence-electron chi connectivity index (χ3n) is 2.02. The lowest BCUT2D eigenvalue weighted by Gasteiger charge is -2.11. The van der Waals surface area contributed by atoms with Crippen LogP contribution in [0.2, 0.25) is 0 Å². The summed E-state index contributed by atoms with van der Waals surface area (Å²) in [5.41, 5.74) is 0. The van der Waals surface area contributed by atoms with Crippen molar-refractivity contribution in [2.75, 3.05) is 32.8 Å². The lowest BCUT2D eigenvalue weighted by molar-refractivity contribution is -0.109. The monoisotopic (exact) mass is 266 g/mol. The first-order valence-electron chi connectivity index (χ1n) is 6.88. The largest absolute Gasteiger partial charge is 0.486 e. The third kappa shape index (κ3) is 12.9. The van der Waals surface area contributed by atoms with Crippen LogP contribution in [0, 0.1) is 0 Å². The van der Waals surface area contributed by atoms with Crippen LogP contribution in [0.3, 0.4) is 0 Å². The molecule has 4 nitrogen and oxygen atoms in total. The zero-order valence-corrected chi connectivity index (χ0v) is 12.0. The fourth-order valence-electron chi connectivity index (χ4n) is 1.25. The first-order chi connectivity index (χ1) is 9.35. The summed E-state index contributed by atoms with van der Waals surface area (Å²) in [5, 5.41) is 6.44. The maximum atomic E-state index is 9.85. The first kappa shape index (κ1) is 17.6. The van der Waals surface area contributed by atoms with Crippen molar-refractivity contribution in [2.24, 2.45) is 0 Å². The van der Waals surface area contributed by atoms with Gasteiger partial charge in [0.15, 0.2) is 6.29 Å². The van der Waals surface area contributed by atoms with Crippen LogP contribution in [-0.4, -0.2) is 39.1 Å². The Kier molecular flexibility index (Phi) is 13.6. The minimum Gasteiger partial charge on any atom is -0.486 e. The van der Waals surface area contributed by atoms with Crippen LogP contribution in [0.1, 0.15) is 20.3 Å². The van der Waals surface area contributed by atoms with Crippen LogP contribution >= 0.6 is 0 Å². The summed E-state index contributed by atoms with van der Waals surface area (Å²) in [6, 6.07) is 9.24. The molecule has 1 aliphatic rings. The second-order valence-corrected chi connectivity index (χ2v) is 4.00. The summed E-state index contributed by atoms with van der Waals surface area (Å²) in [6.45, 7) is 8.93. The van der Waals surface area contributed by atoms with E-state index in [0.717, 1.165) is 38.2 Å². The van der Waals surface area contributed by atoms with Gasteiger partial charge < -0.3 is 15.4 Å². The smallest absolute Gasteiger partial charge is 0.157 e. The van der Waals surface area contributed by atoms with Crippen molar-refractivity contribution in [3.8, 4) is 5.75 Å². The van der Waals surface area contributed by atoms with E-state index in [1.807, 2.05) is 30.3 Å². The number of nitrogens with one attached hydrogen (secondary N) is 2. The number of ether oxygens (including phenoxy) is 1. The molecular formula is C15H26N2O2. The maximum Gasteiger partial charge on any atom is 0.157 e. The van der Waals surface area contributed by atoms with Gasteiger partial charge in [0.25, 0.3) is 0 Å². The van der Waals surface area contributed by atoms with Crippen molar-refractivity contribution in [2.45, 2.75) is 20.3 Å². The SMILES string of the molecule is C1CNCCN1.CCC.O=CCOc1ccccc1. The van der Waals surface area contributed by atoms with E-state index in [0.29, 0.717) is 0 Å². The Hall–Kier alpha value is -1.39. The normalized spacial score (nSPS) is 13.2. The molecule has 108 valence electrons. The van der Waals surface area contributed by atoms with Gasteiger partial charge in [0.2, 0.25) is 0 Å². The van der Waals surface area contributed by atoms with Gasteiger partial charge in [-0.25, -0.2) is 0 Å². The molecule has 2 rings (SSSR count). The number of piperazine rings is 1. The van der Waals surface area contributed by atoms with Crippen LogP contribution in [0.5, 0.6) is 5.75 Å². The number of rotatable bonds is 3. The van der Waals surface area contributed by atoms with Gasteiger partial charge in [-0.15, -0.1) is 0 Å². The first-order valence-corrected chi connectivity index (χ1v) is 6.88. The Morgan fingerprint density at radius 3 is 1.89 bits per heavy atom. The third-order valence-corrected chi connectivity index (χ3v) is 2.02. The van der Waals surface area contributed by atoms with E-state index in [9.17, 15) is 4.79 Å². The topological polar surface area (TPSA) is 50.4 Å². The molecule has 0 spiro atoms. The molecule has 1 aromatic carbocycles. The molecular weight excluding hydrogens is 240 g/mol. The van der Waals surface area contributed by atoms with Gasteiger partial charge in [0, 0.05) is 26.2 Å². The highest BCUT2D eigenvalue weighted by Crippen LogP contribution is 2.06. The molecule has 4 heteroatoms. The van der Waals surface area contributed by atoms with E-state index >= 15 is 0 Å². The summed E-state index contributed by atoms with van der Waals surface area (Å²) in [5.74, 6) is 0.731.